The summed E-state index contributed by atoms with van der Waals surface area (Å²) in [5.74, 6) is 0.540. The Kier molecular flexibility index (Phi) is 3.62. The molecule has 0 atom stereocenters. The number of rotatable bonds is 4. The van der Waals surface area contributed by atoms with Crippen molar-refractivity contribution >= 4 is 12.0 Å². The zero-order valence-electron chi connectivity index (χ0n) is 10.4. The molecule has 0 radical (unpaired) electrons. The summed E-state index contributed by atoms with van der Waals surface area (Å²) in [5.41, 5.74) is 3.11. The third kappa shape index (κ3) is 3.19. The van der Waals surface area contributed by atoms with Crippen LogP contribution in [0.4, 0.5) is 0 Å². The molecule has 0 saturated heterocycles. The first-order valence-corrected chi connectivity index (χ1v) is 6.16. The zero-order valence-corrected chi connectivity index (χ0v) is 10.4. The number of benzene rings is 1. The Morgan fingerprint density at radius 3 is 2.53 bits per heavy atom. The Morgan fingerprint density at radius 1 is 1.35 bits per heavy atom. The Bertz CT molecular complexity index is 425. The number of carbonyl (C=O) groups excluding carboxylic acids is 1. The molecule has 0 aromatic heterocycles. The zero-order chi connectivity index (χ0) is 12.3. The van der Waals surface area contributed by atoms with E-state index >= 15 is 0 Å². The standard InChI is InChI=1S/C15H18O2/c1-3-17-15(16)11(2)10-12-4-6-13(7-5-12)14-8-9-14/h4-7,10,14H,3,8-9H2,1-2H3/b11-10+. The summed E-state index contributed by atoms with van der Waals surface area (Å²) in [7, 11) is 0. The molecular weight excluding hydrogens is 212 g/mol. The Hall–Kier alpha value is -1.57. The average molecular weight is 230 g/mol. The maximum absolute atomic E-state index is 11.4. The molecule has 1 saturated carbocycles. The van der Waals surface area contributed by atoms with E-state index in [1.54, 1.807) is 6.92 Å². The summed E-state index contributed by atoms with van der Waals surface area (Å²) in [5, 5.41) is 0. The van der Waals surface area contributed by atoms with Gasteiger partial charge in [-0.25, -0.2) is 4.79 Å². The number of esters is 1. The van der Waals surface area contributed by atoms with Gasteiger partial charge >= 0.3 is 5.97 Å². The van der Waals surface area contributed by atoms with Crippen molar-refractivity contribution in [3.8, 4) is 0 Å². The molecule has 1 aromatic carbocycles. The van der Waals surface area contributed by atoms with Gasteiger partial charge in [0.25, 0.3) is 0 Å². The lowest BCUT2D eigenvalue weighted by Crippen LogP contribution is -2.04. The fourth-order valence-corrected chi connectivity index (χ4v) is 1.83. The number of ether oxygens (including phenoxy) is 1. The van der Waals surface area contributed by atoms with Crippen molar-refractivity contribution in [2.75, 3.05) is 6.61 Å². The van der Waals surface area contributed by atoms with Crippen LogP contribution in [-0.4, -0.2) is 12.6 Å². The van der Waals surface area contributed by atoms with Crippen LogP contribution in [0.15, 0.2) is 29.8 Å². The quantitative estimate of drug-likeness (QED) is 0.584. The highest BCUT2D eigenvalue weighted by atomic mass is 16.5. The highest BCUT2D eigenvalue weighted by molar-refractivity contribution is 5.92. The third-order valence-corrected chi connectivity index (χ3v) is 2.97. The summed E-state index contributed by atoms with van der Waals surface area (Å²) in [4.78, 5) is 11.4. The van der Waals surface area contributed by atoms with Gasteiger partial charge in [0.1, 0.15) is 0 Å². The molecule has 0 N–H and O–H groups in total. The Morgan fingerprint density at radius 2 is 2.00 bits per heavy atom. The van der Waals surface area contributed by atoms with Crippen molar-refractivity contribution in [3.05, 3.63) is 41.0 Å². The van der Waals surface area contributed by atoms with E-state index in [1.165, 1.54) is 18.4 Å². The highest BCUT2D eigenvalue weighted by Gasteiger charge is 2.22. The van der Waals surface area contributed by atoms with Gasteiger partial charge < -0.3 is 4.74 Å². The summed E-state index contributed by atoms with van der Waals surface area (Å²) in [6, 6.07) is 8.44. The lowest BCUT2D eigenvalue weighted by Gasteiger charge is -2.02. The van der Waals surface area contributed by atoms with E-state index in [-0.39, 0.29) is 5.97 Å². The van der Waals surface area contributed by atoms with E-state index in [2.05, 4.69) is 24.3 Å². The van der Waals surface area contributed by atoms with Crippen LogP contribution in [0.3, 0.4) is 0 Å². The smallest absolute Gasteiger partial charge is 0.333 e. The van der Waals surface area contributed by atoms with Gasteiger partial charge in [0.2, 0.25) is 0 Å². The molecule has 90 valence electrons. The molecular formula is C15H18O2. The molecule has 0 heterocycles. The van der Waals surface area contributed by atoms with Crippen LogP contribution >= 0.6 is 0 Å². The van der Waals surface area contributed by atoms with Gasteiger partial charge in [-0.3, -0.25) is 0 Å². The molecule has 0 aliphatic heterocycles. The summed E-state index contributed by atoms with van der Waals surface area (Å²) in [6.07, 6.45) is 4.50. The van der Waals surface area contributed by atoms with Gasteiger partial charge in [0.05, 0.1) is 6.61 Å². The molecule has 2 nitrogen and oxygen atoms in total. The molecule has 1 fully saturated rings. The fourth-order valence-electron chi connectivity index (χ4n) is 1.83. The maximum Gasteiger partial charge on any atom is 0.333 e. The van der Waals surface area contributed by atoms with Crippen molar-refractivity contribution in [3.63, 3.8) is 0 Å². The summed E-state index contributed by atoms with van der Waals surface area (Å²) in [6.45, 7) is 4.02. The molecule has 2 heteroatoms. The SMILES string of the molecule is CCOC(=O)/C(C)=C/c1ccc(C2CC2)cc1. The predicted octanol–water partition coefficient (Wildman–Crippen LogP) is 3.53. The third-order valence-electron chi connectivity index (χ3n) is 2.97. The molecule has 0 bridgehead atoms. The minimum Gasteiger partial charge on any atom is -0.463 e. The van der Waals surface area contributed by atoms with E-state index in [9.17, 15) is 4.79 Å². The van der Waals surface area contributed by atoms with Crippen molar-refractivity contribution in [2.24, 2.45) is 0 Å². The molecule has 0 amide bonds. The second-order valence-corrected chi connectivity index (χ2v) is 4.49. The minimum absolute atomic E-state index is 0.237. The monoisotopic (exact) mass is 230 g/mol. The van der Waals surface area contributed by atoms with Crippen LogP contribution in [0.5, 0.6) is 0 Å². The van der Waals surface area contributed by atoms with Crippen LogP contribution in [0, 0.1) is 0 Å². The average Bonchev–Trinajstić information content (AvgIpc) is 3.14. The van der Waals surface area contributed by atoms with Gasteiger partial charge in [-0.05, 0) is 49.8 Å². The first kappa shape index (κ1) is 11.9. The Labute approximate surface area is 102 Å². The van der Waals surface area contributed by atoms with Crippen molar-refractivity contribution in [1.29, 1.82) is 0 Å². The minimum atomic E-state index is -0.237. The number of hydrogen-bond acceptors (Lipinski definition) is 2. The summed E-state index contributed by atoms with van der Waals surface area (Å²) < 4.78 is 4.94. The van der Waals surface area contributed by atoms with E-state index in [0.717, 1.165) is 11.5 Å². The lowest BCUT2D eigenvalue weighted by atomic mass is 10.1. The second-order valence-electron chi connectivity index (χ2n) is 4.49. The lowest BCUT2D eigenvalue weighted by molar-refractivity contribution is -0.138. The van der Waals surface area contributed by atoms with Gasteiger partial charge in [-0.1, -0.05) is 24.3 Å². The van der Waals surface area contributed by atoms with Crippen LogP contribution in [0.25, 0.3) is 6.08 Å². The Balaban J connectivity index is 2.06. The summed E-state index contributed by atoms with van der Waals surface area (Å²) >= 11 is 0. The van der Waals surface area contributed by atoms with E-state index in [1.807, 2.05) is 13.0 Å². The van der Waals surface area contributed by atoms with E-state index in [0.29, 0.717) is 12.2 Å². The maximum atomic E-state index is 11.4. The van der Waals surface area contributed by atoms with E-state index < -0.39 is 0 Å². The normalized spacial score (nSPS) is 15.8. The van der Waals surface area contributed by atoms with Gasteiger partial charge in [-0.2, -0.15) is 0 Å². The molecule has 17 heavy (non-hydrogen) atoms. The van der Waals surface area contributed by atoms with Gasteiger partial charge in [0, 0.05) is 5.57 Å². The largest absolute Gasteiger partial charge is 0.463 e. The molecule has 1 aliphatic carbocycles. The molecule has 0 spiro atoms. The number of hydrogen-bond donors (Lipinski definition) is 0. The predicted molar refractivity (Wildman–Crippen MR) is 68.7 cm³/mol. The topological polar surface area (TPSA) is 26.3 Å². The first-order valence-electron chi connectivity index (χ1n) is 6.16. The molecule has 0 unspecified atom stereocenters. The second kappa shape index (κ2) is 5.17. The number of carbonyl (C=O) groups is 1. The van der Waals surface area contributed by atoms with Crippen LogP contribution in [0.2, 0.25) is 0 Å². The van der Waals surface area contributed by atoms with Crippen molar-refractivity contribution < 1.29 is 9.53 Å². The van der Waals surface area contributed by atoms with Crippen LogP contribution < -0.4 is 0 Å². The first-order chi connectivity index (χ1) is 8.20. The highest BCUT2D eigenvalue weighted by Crippen LogP contribution is 2.39. The van der Waals surface area contributed by atoms with Crippen LogP contribution in [0.1, 0.15) is 43.7 Å². The molecule has 2 rings (SSSR count). The van der Waals surface area contributed by atoms with E-state index in [4.69, 9.17) is 4.74 Å². The molecule has 1 aliphatic rings. The molecule has 1 aromatic rings. The van der Waals surface area contributed by atoms with Gasteiger partial charge in [0.15, 0.2) is 0 Å². The van der Waals surface area contributed by atoms with Crippen molar-refractivity contribution in [1.82, 2.24) is 0 Å². The van der Waals surface area contributed by atoms with Gasteiger partial charge in [-0.15, -0.1) is 0 Å². The fraction of sp³-hybridized carbons (Fsp3) is 0.400. The van der Waals surface area contributed by atoms with Crippen molar-refractivity contribution in [2.45, 2.75) is 32.6 Å². The van der Waals surface area contributed by atoms with Crippen LogP contribution in [-0.2, 0) is 9.53 Å².